The summed E-state index contributed by atoms with van der Waals surface area (Å²) in [6.45, 7) is 0.350. The zero-order chi connectivity index (χ0) is 13.7. The van der Waals surface area contributed by atoms with E-state index < -0.39 is 0 Å². The standard InChI is InChI=1S/C12H14N4O3/c1-19-11-5-2-8(6-13-11)7-14-12(18)9-3-4-10(17)16-15-9/h2,5-6H,3-4,7H2,1H3,(H,14,18)(H,16,17). The van der Waals surface area contributed by atoms with Crippen LogP contribution in [0.25, 0.3) is 0 Å². The molecule has 0 spiro atoms. The first kappa shape index (κ1) is 13.0. The van der Waals surface area contributed by atoms with Crippen LogP contribution in [-0.2, 0) is 16.1 Å². The van der Waals surface area contributed by atoms with E-state index in [2.05, 4.69) is 20.8 Å². The van der Waals surface area contributed by atoms with Crippen LogP contribution in [0.2, 0.25) is 0 Å². The van der Waals surface area contributed by atoms with Gasteiger partial charge in [-0.2, -0.15) is 5.10 Å². The fourth-order valence-corrected chi connectivity index (χ4v) is 1.56. The third-order valence-corrected chi connectivity index (χ3v) is 2.63. The van der Waals surface area contributed by atoms with Gasteiger partial charge in [0, 0.05) is 31.6 Å². The minimum atomic E-state index is -0.282. The lowest BCUT2D eigenvalue weighted by Crippen LogP contribution is -2.36. The number of hydrazone groups is 1. The molecule has 0 radical (unpaired) electrons. The summed E-state index contributed by atoms with van der Waals surface area (Å²) < 4.78 is 4.94. The van der Waals surface area contributed by atoms with Gasteiger partial charge >= 0.3 is 0 Å². The van der Waals surface area contributed by atoms with Gasteiger partial charge in [0.2, 0.25) is 11.8 Å². The highest BCUT2D eigenvalue weighted by Gasteiger charge is 2.17. The van der Waals surface area contributed by atoms with E-state index in [0.29, 0.717) is 24.6 Å². The number of nitrogens with one attached hydrogen (secondary N) is 2. The number of methoxy groups -OCH3 is 1. The molecule has 0 saturated heterocycles. The quantitative estimate of drug-likeness (QED) is 0.797. The molecule has 0 unspecified atom stereocenters. The molecule has 19 heavy (non-hydrogen) atoms. The van der Waals surface area contributed by atoms with Crippen LogP contribution in [-0.4, -0.2) is 29.6 Å². The topological polar surface area (TPSA) is 92.7 Å². The van der Waals surface area contributed by atoms with Crippen molar-refractivity contribution in [1.82, 2.24) is 15.7 Å². The summed E-state index contributed by atoms with van der Waals surface area (Å²) in [7, 11) is 1.54. The van der Waals surface area contributed by atoms with Crippen LogP contribution >= 0.6 is 0 Å². The minimum Gasteiger partial charge on any atom is -0.481 e. The lowest BCUT2D eigenvalue weighted by molar-refractivity contribution is -0.121. The largest absolute Gasteiger partial charge is 0.481 e. The van der Waals surface area contributed by atoms with Crippen LogP contribution < -0.4 is 15.5 Å². The van der Waals surface area contributed by atoms with E-state index in [-0.39, 0.29) is 18.2 Å². The minimum absolute atomic E-state index is 0.170. The number of carbonyl (C=O) groups is 2. The predicted molar refractivity (Wildman–Crippen MR) is 67.4 cm³/mol. The van der Waals surface area contributed by atoms with E-state index in [0.717, 1.165) is 5.56 Å². The summed E-state index contributed by atoms with van der Waals surface area (Å²) in [6.07, 6.45) is 2.28. The van der Waals surface area contributed by atoms with Crippen LogP contribution in [0, 0.1) is 0 Å². The number of nitrogens with zero attached hydrogens (tertiary/aromatic N) is 2. The van der Waals surface area contributed by atoms with Gasteiger partial charge < -0.3 is 10.1 Å². The Morgan fingerprint density at radius 2 is 2.32 bits per heavy atom. The maximum atomic E-state index is 11.8. The Hall–Kier alpha value is -2.44. The second kappa shape index (κ2) is 5.94. The Balaban J connectivity index is 1.87. The Morgan fingerprint density at radius 3 is 2.89 bits per heavy atom. The van der Waals surface area contributed by atoms with Gasteiger partial charge in [0.25, 0.3) is 5.91 Å². The highest BCUT2D eigenvalue weighted by atomic mass is 16.5. The van der Waals surface area contributed by atoms with E-state index in [9.17, 15) is 9.59 Å². The molecule has 0 aromatic carbocycles. The summed E-state index contributed by atoms with van der Waals surface area (Å²) in [5, 5.41) is 6.44. The van der Waals surface area contributed by atoms with Gasteiger partial charge in [-0.05, 0) is 5.56 Å². The second-order valence-electron chi connectivity index (χ2n) is 3.98. The SMILES string of the molecule is COc1ccc(CNC(=O)C2=NNC(=O)CC2)cn1. The van der Waals surface area contributed by atoms with E-state index in [1.165, 1.54) is 0 Å². The zero-order valence-corrected chi connectivity index (χ0v) is 10.5. The van der Waals surface area contributed by atoms with Gasteiger partial charge in [0.15, 0.2) is 0 Å². The summed E-state index contributed by atoms with van der Waals surface area (Å²) in [5.74, 6) is 0.0705. The van der Waals surface area contributed by atoms with Crippen LogP contribution in [0.5, 0.6) is 5.88 Å². The normalized spacial score (nSPS) is 14.4. The van der Waals surface area contributed by atoms with Crippen molar-refractivity contribution in [2.75, 3.05) is 7.11 Å². The van der Waals surface area contributed by atoms with Crippen molar-refractivity contribution >= 4 is 17.5 Å². The summed E-state index contributed by atoms with van der Waals surface area (Å²) in [4.78, 5) is 26.7. The molecule has 2 rings (SSSR count). The number of pyridine rings is 1. The summed E-state index contributed by atoms with van der Waals surface area (Å²) >= 11 is 0. The molecular formula is C12H14N4O3. The lowest BCUT2D eigenvalue weighted by Gasteiger charge is -2.11. The lowest BCUT2D eigenvalue weighted by atomic mass is 10.1. The van der Waals surface area contributed by atoms with Gasteiger partial charge in [-0.15, -0.1) is 0 Å². The molecule has 2 heterocycles. The zero-order valence-electron chi connectivity index (χ0n) is 10.5. The molecule has 2 amide bonds. The molecule has 1 aliphatic rings. The molecule has 1 aromatic heterocycles. The molecule has 7 nitrogen and oxygen atoms in total. The first-order valence-electron chi connectivity index (χ1n) is 5.81. The van der Waals surface area contributed by atoms with Gasteiger partial charge in [0.05, 0.1) is 7.11 Å². The number of hydrogen-bond acceptors (Lipinski definition) is 5. The van der Waals surface area contributed by atoms with Gasteiger partial charge in [-0.25, -0.2) is 10.4 Å². The predicted octanol–water partition coefficient (Wildman–Crippen LogP) is -0.0276. The number of amides is 2. The Kier molecular flexibility index (Phi) is 4.07. The van der Waals surface area contributed by atoms with E-state index >= 15 is 0 Å². The highest BCUT2D eigenvalue weighted by Crippen LogP contribution is 2.06. The van der Waals surface area contributed by atoms with E-state index in [4.69, 9.17) is 4.74 Å². The Morgan fingerprint density at radius 1 is 1.47 bits per heavy atom. The third kappa shape index (κ3) is 3.51. The maximum absolute atomic E-state index is 11.8. The van der Waals surface area contributed by atoms with Gasteiger partial charge in [-0.3, -0.25) is 9.59 Å². The molecule has 7 heteroatoms. The molecule has 2 N–H and O–H groups in total. The summed E-state index contributed by atoms with van der Waals surface area (Å²) in [6, 6.07) is 3.54. The molecule has 0 aliphatic carbocycles. The highest BCUT2D eigenvalue weighted by molar-refractivity contribution is 6.39. The van der Waals surface area contributed by atoms with E-state index in [1.807, 2.05) is 6.07 Å². The Bertz CT molecular complexity index is 510. The number of ether oxygens (including phenoxy) is 1. The average molecular weight is 262 g/mol. The molecule has 0 fully saturated rings. The molecule has 0 atom stereocenters. The van der Waals surface area contributed by atoms with Crippen molar-refractivity contribution in [3.05, 3.63) is 23.9 Å². The molecule has 0 bridgehead atoms. The number of hydrogen-bond donors (Lipinski definition) is 2. The number of carbonyl (C=O) groups excluding carboxylic acids is 2. The number of rotatable bonds is 4. The Labute approximate surface area is 110 Å². The fraction of sp³-hybridized carbons (Fsp3) is 0.333. The fourth-order valence-electron chi connectivity index (χ4n) is 1.56. The first-order valence-corrected chi connectivity index (χ1v) is 5.81. The third-order valence-electron chi connectivity index (χ3n) is 2.63. The second-order valence-corrected chi connectivity index (χ2v) is 3.98. The van der Waals surface area contributed by atoms with Crippen molar-refractivity contribution in [3.8, 4) is 5.88 Å². The van der Waals surface area contributed by atoms with Crippen LogP contribution in [0.15, 0.2) is 23.4 Å². The molecule has 1 aromatic rings. The molecule has 100 valence electrons. The average Bonchev–Trinajstić information content (AvgIpc) is 2.46. The van der Waals surface area contributed by atoms with Gasteiger partial charge in [0.1, 0.15) is 5.71 Å². The van der Waals surface area contributed by atoms with Crippen molar-refractivity contribution in [3.63, 3.8) is 0 Å². The first-order chi connectivity index (χ1) is 9.19. The smallest absolute Gasteiger partial charge is 0.267 e. The number of aromatic nitrogens is 1. The molecular weight excluding hydrogens is 248 g/mol. The van der Waals surface area contributed by atoms with Crippen molar-refractivity contribution < 1.29 is 14.3 Å². The van der Waals surface area contributed by atoms with Crippen molar-refractivity contribution in [1.29, 1.82) is 0 Å². The van der Waals surface area contributed by atoms with Crippen molar-refractivity contribution in [2.45, 2.75) is 19.4 Å². The van der Waals surface area contributed by atoms with Crippen molar-refractivity contribution in [2.24, 2.45) is 5.10 Å². The molecule has 0 saturated carbocycles. The maximum Gasteiger partial charge on any atom is 0.267 e. The van der Waals surface area contributed by atoms with Crippen LogP contribution in [0.4, 0.5) is 0 Å². The summed E-state index contributed by atoms with van der Waals surface area (Å²) in [5.41, 5.74) is 3.48. The molecule has 1 aliphatic heterocycles. The van der Waals surface area contributed by atoms with Crippen LogP contribution in [0.3, 0.4) is 0 Å². The van der Waals surface area contributed by atoms with Crippen LogP contribution in [0.1, 0.15) is 18.4 Å². The van der Waals surface area contributed by atoms with Gasteiger partial charge in [-0.1, -0.05) is 6.07 Å². The van der Waals surface area contributed by atoms with E-state index in [1.54, 1.807) is 19.4 Å². The monoisotopic (exact) mass is 262 g/mol.